The zero-order valence-corrected chi connectivity index (χ0v) is 12.4. The molecule has 1 aromatic rings. The van der Waals surface area contributed by atoms with Crippen LogP contribution in [0.1, 0.15) is 26.7 Å². The summed E-state index contributed by atoms with van der Waals surface area (Å²) in [4.78, 5) is 2.18. The molecule has 0 aliphatic carbocycles. The van der Waals surface area contributed by atoms with Crippen molar-refractivity contribution in [3.8, 4) is 5.75 Å². The third kappa shape index (κ3) is 4.16. The number of hydrogen-bond donors (Lipinski definition) is 2. The second kappa shape index (κ2) is 6.45. The lowest BCUT2D eigenvalue weighted by Gasteiger charge is -2.26. The third-order valence-corrected chi connectivity index (χ3v) is 3.52. The van der Waals surface area contributed by atoms with E-state index in [4.69, 9.17) is 15.9 Å². The molecule has 0 aromatic heterocycles. The molecule has 1 rings (SSSR count). The summed E-state index contributed by atoms with van der Waals surface area (Å²) >= 11 is 0. The van der Waals surface area contributed by atoms with E-state index in [1.54, 1.807) is 7.11 Å². The van der Waals surface area contributed by atoms with Gasteiger partial charge in [0.05, 0.1) is 18.6 Å². The van der Waals surface area contributed by atoms with Crippen LogP contribution in [0.15, 0.2) is 24.3 Å². The number of rotatable bonds is 7. The molecule has 0 spiro atoms. The summed E-state index contributed by atoms with van der Waals surface area (Å²) in [5, 5.41) is 7.56. The van der Waals surface area contributed by atoms with Gasteiger partial charge in [0.2, 0.25) is 0 Å². The van der Waals surface area contributed by atoms with Crippen molar-refractivity contribution in [3.05, 3.63) is 24.3 Å². The Balaban J connectivity index is 2.56. The lowest BCUT2D eigenvalue weighted by Crippen LogP contribution is -2.32. The van der Waals surface area contributed by atoms with E-state index in [1.165, 1.54) is 0 Å². The Labute approximate surface area is 116 Å². The van der Waals surface area contributed by atoms with Gasteiger partial charge in [-0.3, -0.25) is 5.41 Å². The summed E-state index contributed by atoms with van der Waals surface area (Å²) in [6.07, 6.45) is 1.89. The van der Waals surface area contributed by atoms with Crippen LogP contribution in [0.2, 0.25) is 0 Å². The minimum Gasteiger partial charge on any atom is -0.495 e. The van der Waals surface area contributed by atoms with Crippen molar-refractivity contribution in [1.29, 1.82) is 5.41 Å². The predicted molar refractivity (Wildman–Crippen MR) is 81.2 cm³/mol. The minimum atomic E-state index is -0.221. The van der Waals surface area contributed by atoms with Crippen LogP contribution in [0.5, 0.6) is 5.75 Å². The maximum atomic E-state index is 7.56. The highest BCUT2D eigenvalue weighted by Crippen LogP contribution is 2.28. The molecule has 1 aromatic carbocycles. The zero-order valence-electron chi connectivity index (χ0n) is 12.4. The summed E-state index contributed by atoms with van der Waals surface area (Å²) in [6.45, 7) is 4.94. The molecule has 4 heteroatoms. The van der Waals surface area contributed by atoms with Crippen molar-refractivity contribution in [2.75, 3.05) is 25.6 Å². The highest BCUT2D eigenvalue weighted by Gasteiger charge is 2.21. The highest BCUT2D eigenvalue weighted by molar-refractivity contribution is 5.82. The van der Waals surface area contributed by atoms with E-state index in [9.17, 15) is 0 Å². The Bertz CT molecular complexity index is 429. The quantitative estimate of drug-likeness (QED) is 0.587. The first kappa shape index (κ1) is 15.3. The van der Waals surface area contributed by atoms with E-state index in [1.807, 2.05) is 32.0 Å². The van der Waals surface area contributed by atoms with Gasteiger partial charge in [-0.1, -0.05) is 26.0 Å². The number of nitrogens with two attached hydrogens (primary N) is 1. The fraction of sp³-hybridized carbons (Fsp3) is 0.533. The number of hydrogen-bond acceptors (Lipinski definition) is 3. The SMILES string of the molecule is COc1ccccc1N(C)CCCC(C)(C)C(=N)N. The Hall–Kier alpha value is -1.71. The molecule has 0 fully saturated rings. The number of ether oxygens (including phenoxy) is 1. The maximum Gasteiger partial charge on any atom is 0.142 e. The van der Waals surface area contributed by atoms with E-state index in [-0.39, 0.29) is 11.3 Å². The van der Waals surface area contributed by atoms with Gasteiger partial charge in [-0.05, 0) is 25.0 Å². The lowest BCUT2D eigenvalue weighted by atomic mass is 9.86. The molecule has 0 saturated heterocycles. The predicted octanol–water partition coefficient (Wildman–Crippen LogP) is 2.87. The Kier molecular flexibility index (Phi) is 5.21. The molecule has 0 heterocycles. The number of nitrogens with zero attached hydrogens (tertiary/aromatic N) is 1. The molecule has 0 bridgehead atoms. The van der Waals surface area contributed by atoms with E-state index in [0.29, 0.717) is 0 Å². The molecule has 19 heavy (non-hydrogen) atoms. The Morgan fingerprint density at radius 3 is 2.58 bits per heavy atom. The molecule has 0 atom stereocenters. The molecule has 0 amide bonds. The monoisotopic (exact) mass is 263 g/mol. The van der Waals surface area contributed by atoms with Crippen molar-refractivity contribution in [3.63, 3.8) is 0 Å². The van der Waals surface area contributed by atoms with Crippen molar-refractivity contribution in [1.82, 2.24) is 0 Å². The van der Waals surface area contributed by atoms with Crippen molar-refractivity contribution < 1.29 is 4.74 Å². The normalized spacial score (nSPS) is 11.2. The number of anilines is 1. The first-order valence-corrected chi connectivity index (χ1v) is 6.57. The van der Waals surface area contributed by atoms with Crippen LogP contribution in [0.25, 0.3) is 0 Å². The fourth-order valence-corrected chi connectivity index (χ4v) is 1.96. The van der Waals surface area contributed by atoms with Crippen LogP contribution in [0, 0.1) is 10.8 Å². The molecule has 3 N–H and O–H groups in total. The summed E-state index contributed by atoms with van der Waals surface area (Å²) in [6, 6.07) is 7.99. The average molecular weight is 263 g/mol. The average Bonchev–Trinajstić information content (AvgIpc) is 2.38. The molecular formula is C15H25N3O. The van der Waals surface area contributed by atoms with Gasteiger partial charge in [0.25, 0.3) is 0 Å². The van der Waals surface area contributed by atoms with E-state index >= 15 is 0 Å². The van der Waals surface area contributed by atoms with Gasteiger partial charge in [-0.15, -0.1) is 0 Å². The van der Waals surface area contributed by atoms with Gasteiger partial charge in [0, 0.05) is 19.0 Å². The van der Waals surface area contributed by atoms with Crippen molar-refractivity contribution in [2.24, 2.45) is 11.1 Å². The maximum absolute atomic E-state index is 7.56. The smallest absolute Gasteiger partial charge is 0.142 e. The van der Waals surface area contributed by atoms with Crippen LogP contribution in [-0.4, -0.2) is 26.5 Å². The summed E-state index contributed by atoms with van der Waals surface area (Å²) in [5.41, 5.74) is 6.46. The molecule has 0 radical (unpaired) electrons. The molecule has 0 aliphatic heterocycles. The van der Waals surface area contributed by atoms with Gasteiger partial charge in [0.15, 0.2) is 0 Å². The number of amidine groups is 1. The van der Waals surface area contributed by atoms with Gasteiger partial charge in [-0.2, -0.15) is 0 Å². The van der Waals surface area contributed by atoms with Gasteiger partial charge in [-0.25, -0.2) is 0 Å². The molecule has 4 nitrogen and oxygen atoms in total. The Morgan fingerprint density at radius 2 is 2.00 bits per heavy atom. The first-order valence-electron chi connectivity index (χ1n) is 6.57. The van der Waals surface area contributed by atoms with E-state index in [2.05, 4.69) is 18.0 Å². The number of benzene rings is 1. The van der Waals surface area contributed by atoms with Crippen LogP contribution >= 0.6 is 0 Å². The summed E-state index contributed by atoms with van der Waals surface area (Å²) in [7, 11) is 3.74. The van der Waals surface area contributed by atoms with E-state index < -0.39 is 0 Å². The number of nitrogens with one attached hydrogen (secondary N) is 1. The largest absolute Gasteiger partial charge is 0.495 e. The van der Waals surface area contributed by atoms with Crippen LogP contribution in [0.3, 0.4) is 0 Å². The standard InChI is InChI=1S/C15H25N3O/c1-15(2,14(16)17)10-7-11-18(3)12-8-5-6-9-13(12)19-4/h5-6,8-9H,7,10-11H2,1-4H3,(H3,16,17). The molecule has 106 valence electrons. The van der Waals surface area contributed by atoms with Crippen LogP contribution < -0.4 is 15.4 Å². The zero-order chi connectivity index (χ0) is 14.5. The topological polar surface area (TPSA) is 62.3 Å². The molecular weight excluding hydrogens is 238 g/mol. The van der Waals surface area contributed by atoms with Gasteiger partial charge < -0.3 is 15.4 Å². The number of methoxy groups -OCH3 is 1. The van der Waals surface area contributed by atoms with Gasteiger partial charge in [0.1, 0.15) is 5.75 Å². The van der Waals surface area contributed by atoms with Gasteiger partial charge >= 0.3 is 0 Å². The third-order valence-electron chi connectivity index (χ3n) is 3.52. The van der Waals surface area contributed by atoms with Crippen molar-refractivity contribution >= 4 is 11.5 Å². The molecule has 0 aliphatic rings. The highest BCUT2D eigenvalue weighted by atomic mass is 16.5. The lowest BCUT2D eigenvalue weighted by molar-refractivity contribution is 0.413. The summed E-state index contributed by atoms with van der Waals surface area (Å²) < 4.78 is 5.36. The van der Waals surface area contributed by atoms with Crippen molar-refractivity contribution in [2.45, 2.75) is 26.7 Å². The molecule has 0 saturated carbocycles. The Morgan fingerprint density at radius 1 is 1.37 bits per heavy atom. The second-order valence-corrected chi connectivity index (χ2v) is 5.49. The first-order chi connectivity index (χ1) is 8.88. The second-order valence-electron chi connectivity index (χ2n) is 5.49. The summed E-state index contributed by atoms with van der Waals surface area (Å²) in [5.74, 6) is 1.14. The molecule has 0 unspecified atom stereocenters. The van der Waals surface area contributed by atoms with E-state index in [0.717, 1.165) is 30.8 Å². The fourth-order valence-electron chi connectivity index (χ4n) is 1.96. The minimum absolute atomic E-state index is 0.221. The van der Waals surface area contributed by atoms with Crippen LogP contribution in [0.4, 0.5) is 5.69 Å². The number of para-hydroxylation sites is 2. The van der Waals surface area contributed by atoms with Crippen LogP contribution in [-0.2, 0) is 0 Å².